The maximum absolute atomic E-state index is 11.9. The lowest BCUT2D eigenvalue weighted by atomic mass is 10.1. The van der Waals surface area contributed by atoms with E-state index in [-0.39, 0.29) is 11.4 Å². The van der Waals surface area contributed by atoms with Gasteiger partial charge in [-0.25, -0.2) is 9.78 Å². The van der Waals surface area contributed by atoms with E-state index in [0.717, 1.165) is 11.1 Å². The quantitative estimate of drug-likeness (QED) is 0.143. The topological polar surface area (TPSA) is 120 Å². The molecule has 31 heavy (non-hydrogen) atoms. The molecule has 0 saturated carbocycles. The summed E-state index contributed by atoms with van der Waals surface area (Å²) < 4.78 is 10.2. The minimum Gasteiger partial charge on any atom is -0.457 e. The first-order valence-corrected chi connectivity index (χ1v) is 9.81. The SMILES string of the molecule is O=C(Oc1ccc(/C=N/Nc2nc(-c3ccc([N+](=O)[O-])cc3)cs2)cc1)c1ccco1. The minimum absolute atomic E-state index is 0.0312. The molecule has 0 aliphatic rings. The molecule has 2 aromatic heterocycles. The van der Waals surface area contributed by atoms with E-state index in [9.17, 15) is 14.9 Å². The summed E-state index contributed by atoms with van der Waals surface area (Å²) in [5.74, 6) is -0.0498. The highest BCUT2D eigenvalue weighted by Gasteiger charge is 2.11. The number of nitro groups is 1. The number of hydrogen-bond acceptors (Lipinski definition) is 9. The third-order valence-electron chi connectivity index (χ3n) is 4.06. The Balaban J connectivity index is 1.33. The number of nitro benzene ring substituents is 1. The molecule has 0 atom stereocenters. The van der Waals surface area contributed by atoms with E-state index in [4.69, 9.17) is 9.15 Å². The third-order valence-corrected chi connectivity index (χ3v) is 4.81. The molecule has 0 saturated heterocycles. The van der Waals surface area contributed by atoms with Gasteiger partial charge in [0.05, 0.1) is 23.1 Å². The molecule has 4 aromatic rings. The number of non-ortho nitro benzene ring substituents is 1. The lowest BCUT2D eigenvalue weighted by Crippen LogP contribution is -2.07. The molecular weight excluding hydrogens is 420 g/mol. The Morgan fingerprint density at radius 2 is 1.94 bits per heavy atom. The minimum atomic E-state index is -0.569. The lowest BCUT2D eigenvalue weighted by molar-refractivity contribution is -0.384. The van der Waals surface area contributed by atoms with Crippen molar-refractivity contribution in [2.45, 2.75) is 0 Å². The maximum atomic E-state index is 11.9. The Kier molecular flexibility index (Phi) is 5.81. The highest BCUT2D eigenvalue weighted by molar-refractivity contribution is 7.14. The molecule has 4 rings (SSSR count). The summed E-state index contributed by atoms with van der Waals surface area (Å²) in [4.78, 5) is 26.6. The number of ether oxygens (including phenoxy) is 1. The normalized spacial score (nSPS) is 10.8. The molecule has 0 spiro atoms. The van der Waals surface area contributed by atoms with Gasteiger partial charge in [0.15, 0.2) is 0 Å². The number of carbonyl (C=O) groups excluding carboxylic acids is 1. The number of benzene rings is 2. The Morgan fingerprint density at radius 1 is 1.16 bits per heavy atom. The van der Waals surface area contributed by atoms with Crippen LogP contribution in [-0.4, -0.2) is 22.1 Å². The summed E-state index contributed by atoms with van der Waals surface area (Å²) >= 11 is 1.36. The second kappa shape index (κ2) is 9.01. The molecule has 0 bridgehead atoms. The van der Waals surface area contributed by atoms with Gasteiger partial charge in [-0.05, 0) is 54.1 Å². The number of thiazole rings is 1. The van der Waals surface area contributed by atoms with Crippen molar-refractivity contribution < 1.29 is 18.9 Å². The predicted octanol–water partition coefficient (Wildman–Crippen LogP) is 4.98. The van der Waals surface area contributed by atoms with Crippen molar-refractivity contribution in [3.8, 4) is 17.0 Å². The van der Waals surface area contributed by atoms with Gasteiger partial charge in [-0.3, -0.25) is 15.5 Å². The predicted molar refractivity (Wildman–Crippen MR) is 116 cm³/mol. The Bertz CT molecular complexity index is 1220. The average Bonchev–Trinajstić information content (AvgIpc) is 3.48. The Hall–Kier alpha value is -4.31. The van der Waals surface area contributed by atoms with Gasteiger partial charge in [-0.1, -0.05) is 0 Å². The summed E-state index contributed by atoms with van der Waals surface area (Å²) in [7, 11) is 0. The largest absolute Gasteiger partial charge is 0.457 e. The van der Waals surface area contributed by atoms with Crippen LogP contribution >= 0.6 is 11.3 Å². The number of anilines is 1. The summed E-state index contributed by atoms with van der Waals surface area (Å²) in [6, 6.07) is 16.1. The van der Waals surface area contributed by atoms with Crippen molar-refractivity contribution >= 4 is 34.3 Å². The van der Waals surface area contributed by atoms with E-state index in [1.807, 2.05) is 5.38 Å². The highest BCUT2D eigenvalue weighted by Crippen LogP contribution is 2.26. The molecule has 1 N–H and O–H groups in total. The number of nitrogens with one attached hydrogen (secondary N) is 1. The number of furan rings is 1. The van der Waals surface area contributed by atoms with Crippen LogP contribution in [0.25, 0.3) is 11.3 Å². The number of hydrazone groups is 1. The molecule has 0 fully saturated rings. The van der Waals surface area contributed by atoms with Gasteiger partial charge in [0.2, 0.25) is 10.9 Å². The van der Waals surface area contributed by atoms with Gasteiger partial charge >= 0.3 is 5.97 Å². The fourth-order valence-corrected chi connectivity index (χ4v) is 3.22. The zero-order valence-corrected chi connectivity index (χ0v) is 16.6. The number of carbonyl (C=O) groups is 1. The number of esters is 1. The van der Waals surface area contributed by atoms with E-state index in [0.29, 0.717) is 16.6 Å². The monoisotopic (exact) mass is 434 g/mol. The van der Waals surface area contributed by atoms with Crippen LogP contribution in [0.2, 0.25) is 0 Å². The van der Waals surface area contributed by atoms with Gasteiger partial charge in [-0.15, -0.1) is 11.3 Å². The second-order valence-corrected chi connectivity index (χ2v) is 7.01. The number of nitrogens with zero attached hydrogens (tertiary/aromatic N) is 3. The van der Waals surface area contributed by atoms with E-state index in [1.165, 1.54) is 35.8 Å². The molecule has 154 valence electrons. The van der Waals surface area contributed by atoms with Crippen LogP contribution in [0.1, 0.15) is 16.1 Å². The maximum Gasteiger partial charge on any atom is 0.379 e. The molecule has 9 nitrogen and oxygen atoms in total. The van der Waals surface area contributed by atoms with Crippen molar-refractivity contribution in [2.24, 2.45) is 5.10 Å². The molecule has 0 amide bonds. The van der Waals surface area contributed by atoms with Gasteiger partial charge in [0, 0.05) is 23.1 Å². The zero-order valence-electron chi connectivity index (χ0n) is 15.8. The van der Waals surface area contributed by atoms with Crippen molar-refractivity contribution in [3.05, 3.63) is 93.7 Å². The molecule has 2 heterocycles. The number of hydrogen-bond donors (Lipinski definition) is 1. The van der Waals surface area contributed by atoms with E-state index >= 15 is 0 Å². The van der Waals surface area contributed by atoms with Crippen LogP contribution in [0.5, 0.6) is 5.75 Å². The third kappa shape index (κ3) is 5.00. The highest BCUT2D eigenvalue weighted by atomic mass is 32.1. The summed E-state index contributed by atoms with van der Waals surface area (Å²) in [6.45, 7) is 0. The molecule has 0 unspecified atom stereocenters. The van der Waals surface area contributed by atoms with Gasteiger partial charge in [-0.2, -0.15) is 5.10 Å². The summed E-state index contributed by atoms with van der Waals surface area (Å²) in [6.07, 6.45) is 3.01. The number of aromatic nitrogens is 1. The standard InChI is InChI=1S/C21H14N4O5S/c26-20(19-2-1-11-29-19)30-17-9-3-14(4-10-17)12-22-24-21-23-18(13-31-21)15-5-7-16(8-6-15)25(27)28/h1-13H,(H,23,24)/b22-12+. The smallest absolute Gasteiger partial charge is 0.379 e. The van der Waals surface area contributed by atoms with Crippen molar-refractivity contribution in [1.82, 2.24) is 4.98 Å². The molecule has 10 heteroatoms. The van der Waals surface area contributed by atoms with Gasteiger partial charge < -0.3 is 9.15 Å². The van der Waals surface area contributed by atoms with Crippen LogP contribution in [-0.2, 0) is 0 Å². The first-order chi connectivity index (χ1) is 15.1. The van der Waals surface area contributed by atoms with Gasteiger partial charge in [0.1, 0.15) is 5.75 Å². The van der Waals surface area contributed by atoms with Crippen molar-refractivity contribution in [1.29, 1.82) is 0 Å². The van der Waals surface area contributed by atoms with Crippen molar-refractivity contribution in [3.63, 3.8) is 0 Å². The van der Waals surface area contributed by atoms with Crippen LogP contribution in [0.15, 0.2) is 81.8 Å². The first-order valence-electron chi connectivity index (χ1n) is 8.94. The van der Waals surface area contributed by atoms with Crippen LogP contribution < -0.4 is 10.2 Å². The average molecular weight is 434 g/mol. The van der Waals surface area contributed by atoms with Gasteiger partial charge in [0.25, 0.3) is 5.69 Å². The van der Waals surface area contributed by atoms with E-state index in [1.54, 1.807) is 48.7 Å². The molecule has 0 aliphatic heterocycles. The molecule has 2 aromatic carbocycles. The fraction of sp³-hybridized carbons (Fsp3) is 0. The molecule has 0 aliphatic carbocycles. The van der Waals surface area contributed by atoms with Crippen molar-refractivity contribution in [2.75, 3.05) is 5.43 Å². The lowest BCUT2D eigenvalue weighted by Gasteiger charge is -2.02. The van der Waals surface area contributed by atoms with Crippen LogP contribution in [0.3, 0.4) is 0 Å². The van der Waals surface area contributed by atoms with E-state index in [2.05, 4.69) is 15.5 Å². The van der Waals surface area contributed by atoms with E-state index < -0.39 is 10.9 Å². The zero-order chi connectivity index (χ0) is 21.6. The molecular formula is C21H14N4O5S. The summed E-state index contributed by atoms with van der Waals surface area (Å²) in [5.41, 5.74) is 5.14. The van der Waals surface area contributed by atoms with Crippen LogP contribution in [0, 0.1) is 10.1 Å². The summed E-state index contributed by atoms with van der Waals surface area (Å²) in [5, 5.41) is 17.3. The number of rotatable bonds is 7. The fourth-order valence-electron chi connectivity index (χ4n) is 2.55. The second-order valence-electron chi connectivity index (χ2n) is 6.15. The first kappa shape index (κ1) is 20.0. The Morgan fingerprint density at radius 3 is 2.61 bits per heavy atom. The molecule has 0 radical (unpaired) electrons. The van der Waals surface area contributed by atoms with Crippen LogP contribution in [0.4, 0.5) is 10.8 Å². The Labute approximate surface area is 179 Å².